The first kappa shape index (κ1) is 17.7. The molecular formula is C17H15ClN6OS. The minimum absolute atomic E-state index is 0.0327. The lowest BCUT2D eigenvalue weighted by Crippen LogP contribution is -2.49. The lowest BCUT2D eigenvalue weighted by molar-refractivity contribution is 0.0956. The quantitative estimate of drug-likeness (QED) is 0.472. The summed E-state index contributed by atoms with van der Waals surface area (Å²) >= 11 is 10.9. The number of anilines is 2. The van der Waals surface area contributed by atoms with Gasteiger partial charge in [-0.1, -0.05) is 29.8 Å². The maximum atomic E-state index is 12.6. The maximum Gasteiger partial charge on any atom is 0.275 e. The third-order valence-electron chi connectivity index (χ3n) is 3.57. The molecule has 3 rings (SSSR count). The fourth-order valence-electron chi connectivity index (χ4n) is 2.31. The smallest absolute Gasteiger partial charge is 0.275 e. The van der Waals surface area contributed by atoms with Crippen molar-refractivity contribution >= 4 is 46.3 Å². The third-order valence-corrected chi connectivity index (χ3v) is 4.00. The number of nitrogen functional groups attached to an aromatic ring is 1. The van der Waals surface area contributed by atoms with Crippen LogP contribution in [0.4, 0.5) is 11.5 Å². The van der Waals surface area contributed by atoms with E-state index in [4.69, 9.17) is 35.3 Å². The molecule has 0 spiro atoms. The molecule has 0 atom stereocenters. The van der Waals surface area contributed by atoms with Gasteiger partial charge in [-0.3, -0.25) is 10.2 Å². The normalized spacial score (nSPS) is 10.3. The van der Waals surface area contributed by atoms with Crippen LogP contribution in [0.3, 0.4) is 0 Å². The highest BCUT2D eigenvalue weighted by atomic mass is 35.5. The molecule has 0 aliphatic heterocycles. The van der Waals surface area contributed by atoms with Crippen LogP contribution in [0.2, 0.25) is 5.02 Å². The summed E-state index contributed by atoms with van der Waals surface area (Å²) in [5.41, 5.74) is 15.9. The van der Waals surface area contributed by atoms with E-state index in [2.05, 4.69) is 10.5 Å². The molecule has 0 unspecified atom stereocenters. The summed E-state index contributed by atoms with van der Waals surface area (Å²) < 4.78 is 1.47. The van der Waals surface area contributed by atoms with Crippen LogP contribution in [0, 0.1) is 0 Å². The van der Waals surface area contributed by atoms with Crippen molar-refractivity contribution in [2.24, 2.45) is 5.73 Å². The second-order valence-corrected chi connectivity index (χ2v) is 6.14. The van der Waals surface area contributed by atoms with Crippen molar-refractivity contribution in [1.82, 2.24) is 15.2 Å². The van der Waals surface area contributed by atoms with Crippen molar-refractivity contribution in [3.05, 3.63) is 71.4 Å². The number of amides is 1. The molecule has 9 heteroatoms. The Labute approximate surface area is 160 Å². The molecular weight excluding hydrogens is 372 g/mol. The Hall–Kier alpha value is -3.10. The fourth-order valence-corrected chi connectivity index (χ4v) is 2.58. The SMILES string of the molecule is NC(=S)N(NC(=O)c1cnn(-c2ccccc2)c1N)c1ccc(Cl)cc1. The number of thiocarbonyl (C=S) groups is 1. The first-order valence-electron chi connectivity index (χ1n) is 7.52. The van der Waals surface area contributed by atoms with Crippen molar-refractivity contribution in [2.75, 3.05) is 10.7 Å². The van der Waals surface area contributed by atoms with E-state index in [1.807, 2.05) is 30.3 Å². The number of carbonyl (C=O) groups is 1. The van der Waals surface area contributed by atoms with Crippen molar-refractivity contribution in [1.29, 1.82) is 0 Å². The molecule has 1 heterocycles. The predicted molar refractivity (Wildman–Crippen MR) is 106 cm³/mol. The van der Waals surface area contributed by atoms with Gasteiger partial charge in [0.25, 0.3) is 5.91 Å². The van der Waals surface area contributed by atoms with Crippen LogP contribution >= 0.6 is 23.8 Å². The second kappa shape index (κ2) is 7.42. The van der Waals surface area contributed by atoms with E-state index in [9.17, 15) is 4.79 Å². The minimum atomic E-state index is -0.493. The largest absolute Gasteiger partial charge is 0.383 e. The molecule has 1 amide bonds. The Bertz CT molecular complexity index is 942. The topological polar surface area (TPSA) is 102 Å². The van der Waals surface area contributed by atoms with Crippen LogP contribution in [-0.4, -0.2) is 20.8 Å². The van der Waals surface area contributed by atoms with E-state index in [1.54, 1.807) is 24.3 Å². The van der Waals surface area contributed by atoms with Gasteiger partial charge in [0, 0.05) is 5.02 Å². The van der Waals surface area contributed by atoms with Crippen molar-refractivity contribution in [2.45, 2.75) is 0 Å². The molecule has 3 aromatic rings. The summed E-state index contributed by atoms with van der Waals surface area (Å²) in [5, 5.41) is 5.96. The third kappa shape index (κ3) is 3.61. The van der Waals surface area contributed by atoms with E-state index >= 15 is 0 Å². The molecule has 0 saturated heterocycles. The summed E-state index contributed by atoms with van der Waals surface area (Å²) in [6.07, 6.45) is 1.39. The van der Waals surface area contributed by atoms with Gasteiger partial charge >= 0.3 is 0 Å². The monoisotopic (exact) mass is 386 g/mol. The Kier molecular flexibility index (Phi) is 5.06. The first-order valence-corrected chi connectivity index (χ1v) is 8.31. The minimum Gasteiger partial charge on any atom is -0.383 e. The molecule has 1 aromatic heterocycles. The van der Waals surface area contributed by atoms with Gasteiger partial charge in [0.05, 0.1) is 17.6 Å². The summed E-state index contributed by atoms with van der Waals surface area (Å²) in [6, 6.07) is 15.9. The van der Waals surface area contributed by atoms with Gasteiger partial charge < -0.3 is 11.5 Å². The van der Waals surface area contributed by atoms with Gasteiger partial charge in [0.1, 0.15) is 11.4 Å². The number of rotatable bonds is 3. The Morgan fingerprint density at radius 1 is 1.15 bits per heavy atom. The number of aromatic nitrogens is 2. The number of hydrazine groups is 1. The number of hydrogen-bond acceptors (Lipinski definition) is 4. The number of para-hydroxylation sites is 1. The van der Waals surface area contributed by atoms with E-state index in [0.717, 1.165) is 5.69 Å². The molecule has 0 fully saturated rings. The molecule has 132 valence electrons. The molecule has 0 aliphatic rings. The number of nitrogens with two attached hydrogens (primary N) is 2. The number of benzene rings is 2. The lowest BCUT2D eigenvalue weighted by atomic mass is 10.3. The van der Waals surface area contributed by atoms with E-state index in [0.29, 0.717) is 10.7 Å². The van der Waals surface area contributed by atoms with E-state index < -0.39 is 5.91 Å². The molecule has 0 saturated carbocycles. The number of nitrogens with one attached hydrogen (secondary N) is 1. The highest BCUT2D eigenvalue weighted by Gasteiger charge is 2.20. The summed E-state index contributed by atoms with van der Waals surface area (Å²) in [4.78, 5) is 12.6. The fraction of sp³-hybridized carbons (Fsp3) is 0. The van der Waals surface area contributed by atoms with Crippen LogP contribution in [-0.2, 0) is 0 Å². The molecule has 2 aromatic carbocycles. The summed E-state index contributed by atoms with van der Waals surface area (Å²) in [5.74, 6) is -0.292. The zero-order valence-corrected chi connectivity index (χ0v) is 15.0. The zero-order chi connectivity index (χ0) is 18.7. The standard InChI is InChI=1S/C17H15ClN6OS/c18-11-6-8-13(9-7-11)24(17(20)26)22-16(25)14-10-21-23(15(14)19)12-4-2-1-3-5-12/h1-10H,19H2,(H2,20,26)(H,22,25). The van der Waals surface area contributed by atoms with E-state index in [1.165, 1.54) is 15.9 Å². The molecule has 0 radical (unpaired) electrons. The van der Waals surface area contributed by atoms with Gasteiger partial charge in [-0.15, -0.1) is 0 Å². The van der Waals surface area contributed by atoms with Gasteiger partial charge in [-0.2, -0.15) is 5.10 Å². The van der Waals surface area contributed by atoms with Crippen molar-refractivity contribution in [3.63, 3.8) is 0 Å². The molecule has 5 N–H and O–H groups in total. The maximum absolute atomic E-state index is 12.6. The van der Waals surface area contributed by atoms with Crippen LogP contribution in [0.15, 0.2) is 60.8 Å². The van der Waals surface area contributed by atoms with Crippen LogP contribution in [0.5, 0.6) is 0 Å². The summed E-state index contributed by atoms with van der Waals surface area (Å²) in [6.45, 7) is 0. The molecule has 0 bridgehead atoms. The number of hydrogen-bond donors (Lipinski definition) is 3. The Morgan fingerprint density at radius 3 is 2.42 bits per heavy atom. The summed E-state index contributed by atoms with van der Waals surface area (Å²) in [7, 11) is 0. The van der Waals surface area contributed by atoms with Crippen LogP contribution < -0.4 is 21.9 Å². The molecule has 7 nitrogen and oxygen atoms in total. The second-order valence-electron chi connectivity index (χ2n) is 5.28. The Balaban J connectivity index is 1.86. The van der Waals surface area contributed by atoms with Gasteiger partial charge in [0.15, 0.2) is 5.11 Å². The first-order chi connectivity index (χ1) is 12.5. The molecule has 26 heavy (non-hydrogen) atoms. The highest BCUT2D eigenvalue weighted by Crippen LogP contribution is 2.19. The zero-order valence-electron chi connectivity index (χ0n) is 13.5. The predicted octanol–water partition coefficient (Wildman–Crippen LogP) is 2.50. The van der Waals surface area contributed by atoms with Crippen LogP contribution in [0.25, 0.3) is 5.69 Å². The van der Waals surface area contributed by atoms with E-state index in [-0.39, 0.29) is 16.5 Å². The number of nitrogens with zero attached hydrogens (tertiary/aromatic N) is 3. The lowest BCUT2D eigenvalue weighted by Gasteiger charge is -2.23. The number of carbonyl (C=O) groups excluding carboxylic acids is 1. The van der Waals surface area contributed by atoms with Crippen molar-refractivity contribution < 1.29 is 4.79 Å². The van der Waals surface area contributed by atoms with Crippen LogP contribution in [0.1, 0.15) is 10.4 Å². The number of halogens is 1. The molecule has 0 aliphatic carbocycles. The Morgan fingerprint density at radius 2 is 1.81 bits per heavy atom. The van der Waals surface area contributed by atoms with Crippen molar-refractivity contribution in [3.8, 4) is 5.69 Å². The highest BCUT2D eigenvalue weighted by molar-refractivity contribution is 7.80. The average Bonchev–Trinajstić information content (AvgIpc) is 3.02. The van der Waals surface area contributed by atoms with Gasteiger partial charge in [-0.25, -0.2) is 9.69 Å². The van der Waals surface area contributed by atoms with Gasteiger partial charge in [-0.05, 0) is 48.6 Å². The van der Waals surface area contributed by atoms with Gasteiger partial charge in [0.2, 0.25) is 0 Å². The average molecular weight is 387 g/mol.